The van der Waals surface area contributed by atoms with Crippen molar-refractivity contribution in [1.29, 1.82) is 0 Å². The lowest BCUT2D eigenvalue weighted by Crippen LogP contribution is -2.30. The number of hydrogen-bond acceptors (Lipinski definition) is 6. The molecule has 0 spiro atoms. The maximum absolute atomic E-state index is 13.2. The molecule has 1 saturated heterocycles. The monoisotopic (exact) mass is 552 g/mol. The lowest BCUT2D eigenvalue weighted by atomic mass is 10.1. The van der Waals surface area contributed by atoms with Crippen molar-refractivity contribution >= 4 is 63.5 Å². The fourth-order valence-corrected chi connectivity index (χ4v) is 5.39. The van der Waals surface area contributed by atoms with Crippen molar-refractivity contribution < 1.29 is 19.1 Å². The summed E-state index contributed by atoms with van der Waals surface area (Å²) in [6.07, 6.45) is 1.78. The summed E-state index contributed by atoms with van der Waals surface area (Å²) >= 11 is 12.8. The Hall–Kier alpha value is -3.33. The molecule has 1 atom stereocenters. The van der Waals surface area contributed by atoms with Crippen molar-refractivity contribution in [2.45, 2.75) is 19.9 Å². The second kappa shape index (κ2) is 11.8. The Labute approximate surface area is 230 Å². The number of nitrogens with zero attached hydrogens (tertiary/aromatic N) is 1. The van der Waals surface area contributed by atoms with Crippen LogP contribution in [0.15, 0.2) is 71.6 Å². The van der Waals surface area contributed by atoms with E-state index in [1.54, 1.807) is 41.3 Å². The number of ether oxygens (including phenoxy) is 2. The van der Waals surface area contributed by atoms with Gasteiger partial charge < -0.3 is 14.8 Å². The molecule has 0 saturated carbocycles. The van der Waals surface area contributed by atoms with Crippen LogP contribution < -0.4 is 14.8 Å². The molecule has 3 aromatic rings. The Morgan fingerprint density at radius 1 is 1.14 bits per heavy atom. The number of methoxy groups -OCH3 is 1. The highest BCUT2D eigenvalue weighted by Gasteiger charge is 2.35. The predicted molar refractivity (Wildman–Crippen MR) is 153 cm³/mol. The Bertz CT molecular complexity index is 1380. The first-order valence-corrected chi connectivity index (χ1v) is 13.1. The Morgan fingerprint density at radius 3 is 2.62 bits per heavy atom. The third kappa shape index (κ3) is 6.33. The number of anilines is 1. The zero-order valence-electron chi connectivity index (χ0n) is 20.5. The number of halogens is 1. The summed E-state index contributed by atoms with van der Waals surface area (Å²) in [4.78, 5) is 27.7. The lowest BCUT2D eigenvalue weighted by Gasteiger charge is -2.23. The van der Waals surface area contributed by atoms with Gasteiger partial charge in [0.05, 0.1) is 18.1 Å². The molecule has 1 fully saturated rings. The fourth-order valence-electron chi connectivity index (χ4n) is 3.80. The standard InChI is InChI=1S/C28H25ClN2O4S2/c1-17-9-11-21(29)15-22(17)30-26(32)16-35-23-12-10-19(13-24(23)34-3)14-25-27(33)31(28(36)37-25)18(2)20-7-5-4-6-8-20/h4-15,18H,16H2,1-3H3,(H,30,32)/b25-14-/t18-/m0/s1. The van der Waals surface area contributed by atoms with Gasteiger partial charge in [-0.25, -0.2) is 0 Å². The zero-order valence-corrected chi connectivity index (χ0v) is 22.9. The molecule has 0 radical (unpaired) electrons. The molecule has 0 aromatic heterocycles. The number of carbonyl (C=O) groups is 2. The number of thiocarbonyl (C=S) groups is 1. The minimum atomic E-state index is -0.326. The van der Waals surface area contributed by atoms with E-state index in [2.05, 4.69) is 5.32 Å². The maximum atomic E-state index is 13.2. The van der Waals surface area contributed by atoms with Gasteiger partial charge in [-0.3, -0.25) is 14.5 Å². The van der Waals surface area contributed by atoms with E-state index >= 15 is 0 Å². The summed E-state index contributed by atoms with van der Waals surface area (Å²) < 4.78 is 11.7. The van der Waals surface area contributed by atoms with Crippen LogP contribution in [0.25, 0.3) is 6.08 Å². The van der Waals surface area contributed by atoms with E-state index in [1.165, 1.54) is 18.9 Å². The molecule has 190 valence electrons. The van der Waals surface area contributed by atoms with Gasteiger partial charge in [0.25, 0.3) is 11.8 Å². The van der Waals surface area contributed by atoms with E-state index in [0.29, 0.717) is 31.4 Å². The summed E-state index contributed by atoms with van der Waals surface area (Å²) in [5, 5.41) is 3.33. The number of amides is 2. The SMILES string of the molecule is COc1cc(/C=C2\SC(=S)N([C@@H](C)c3ccccc3)C2=O)ccc1OCC(=O)Nc1cc(Cl)ccc1C. The molecular formula is C28H25ClN2O4S2. The highest BCUT2D eigenvalue weighted by Crippen LogP contribution is 2.39. The van der Waals surface area contributed by atoms with Gasteiger partial charge in [0.2, 0.25) is 0 Å². The topological polar surface area (TPSA) is 67.9 Å². The molecule has 2 amide bonds. The minimum absolute atomic E-state index is 0.140. The van der Waals surface area contributed by atoms with Crippen LogP contribution in [0, 0.1) is 6.92 Å². The number of benzene rings is 3. The third-order valence-corrected chi connectivity index (χ3v) is 7.38. The predicted octanol–water partition coefficient (Wildman–Crippen LogP) is 6.64. The number of nitrogens with one attached hydrogen (secondary N) is 1. The summed E-state index contributed by atoms with van der Waals surface area (Å²) in [5.74, 6) is 0.378. The molecule has 1 aliphatic heterocycles. The molecule has 4 rings (SSSR count). The van der Waals surface area contributed by atoms with Gasteiger partial charge in [-0.05, 0) is 60.9 Å². The van der Waals surface area contributed by atoms with Crippen LogP contribution in [-0.2, 0) is 9.59 Å². The second-order valence-electron chi connectivity index (χ2n) is 8.34. The first kappa shape index (κ1) is 26.7. The van der Waals surface area contributed by atoms with Crippen LogP contribution >= 0.6 is 35.6 Å². The molecule has 0 unspecified atom stereocenters. The number of rotatable bonds is 8. The quantitative estimate of drug-likeness (QED) is 0.250. The van der Waals surface area contributed by atoms with E-state index in [1.807, 2.05) is 50.2 Å². The summed E-state index contributed by atoms with van der Waals surface area (Å²) in [6.45, 7) is 3.63. The smallest absolute Gasteiger partial charge is 0.266 e. The molecule has 1 heterocycles. The second-order valence-corrected chi connectivity index (χ2v) is 10.5. The molecule has 9 heteroatoms. The molecule has 3 aromatic carbocycles. The Balaban J connectivity index is 1.44. The highest BCUT2D eigenvalue weighted by atomic mass is 35.5. The Morgan fingerprint density at radius 2 is 1.89 bits per heavy atom. The van der Waals surface area contributed by atoms with Gasteiger partial charge in [-0.1, -0.05) is 78.0 Å². The van der Waals surface area contributed by atoms with E-state index in [4.69, 9.17) is 33.3 Å². The highest BCUT2D eigenvalue weighted by molar-refractivity contribution is 8.26. The first-order valence-electron chi connectivity index (χ1n) is 11.5. The number of thioether (sulfide) groups is 1. The molecule has 0 aliphatic carbocycles. The van der Waals surface area contributed by atoms with Crippen LogP contribution in [0.3, 0.4) is 0 Å². The van der Waals surface area contributed by atoms with Crippen molar-refractivity contribution in [3.05, 3.63) is 93.3 Å². The number of carbonyl (C=O) groups excluding carboxylic acids is 2. The van der Waals surface area contributed by atoms with Crippen molar-refractivity contribution in [3.63, 3.8) is 0 Å². The van der Waals surface area contributed by atoms with E-state index in [-0.39, 0.29) is 24.5 Å². The van der Waals surface area contributed by atoms with E-state index < -0.39 is 0 Å². The number of hydrogen-bond donors (Lipinski definition) is 1. The summed E-state index contributed by atoms with van der Waals surface area (Å²) in [7, 11) is 1.52. The molecular weight excluding hydrogens is 528 g/mol. The van der Waals surface area contributed by atoms with Gasteiger partial charge in [0, 0.05) is 10.7 Å². The Kier molecular flexibility index (Phi) is 8.53. The average Bonchev–Trinajstić information content (AvgIpc) is 3.17. The van der Waals surface area contributed by atoms with Crippen LogP contribution in [0.1, 0.15) is 29.7 Å². The maximum Gasteiger partial charge on any atom is 0.266 e. The molecule has 1 aliphatic rings. The van der Waals surface area contributed by atoms with Crippen LogP contribution in [0.5, 0.6) is 11.5 Å². The molecule has 6 nitrogen and oxygen atoms in total. The van der Waals surface area contributed by atoms with Crippen LogP contribution in [0.2, 0.25) is 5.02 Å². The van der Waals surface area contributed by atoms with Crippen LogP contribution in [0.4, 0.5) is 5.69 Å². The van der Waals surface area contributed by atoms with Gasteiger partial charge in [-0.2, -0.15) is 0 Å². The van der Waals surface area contributed by atoms with Crippen LogP contribution in [-0.4, -0.2) is 34.8 Å². The van der Waals surface area contributed by atoms with Crippen molar-refractivity contribution in [3.8, 4) is 11.5 Å². The van der Waals surface area contributed by atoms with Gasteiger partial charge in [0.1, 0.15) is 4.32 Å². The van der Waals surface area contributed by atoms with Gasteiger partial charge >= 0.3 is 0 Å². The van der Waals surface area contributed by atoms with Crippen molar-refractivity contribution in [2.24, 2.45) is 0 Å². The third-order valence-electron chi connectivity index (χ3n) is 5.81. The van der Waals surface area contributed by atoms with E-state index in [0.717, 1.165) is 16.7 Å². The zero-order chi connectivity index (χ0) is 26.5. The molecule has 1 N–H and O–H groups in total. The normalized spacial score (nSPS) is 15.1. The summed E-state index contributed by atoms with van der Waals surface area (Å²) in [6, 6.07) is 20.1. The van der Waals surface area contributed by atoms with Gasteiger partial charge in [-0.15, -0.1) is 0 Å². The summed E-state index contributed by atoms with van der Waals surface area (Å²) in [5.41, 5.74) is 3.28. The number of aryl methyl sites for hydroxylation is 1. The largest absolute Gasteiger partial charge is 0.493 e. The minimum Gasteiger partial charge on any atom is -0.493 e. The average molecular weight is 553 g/mol. The molecule has 37 heavy (non-hydrogen) atoms. The van der Waals surface area contributed by atoms with E-state index in [9.17, 15) is 9.59 Å². The van der Waals surface area contributed by atoms with Crippen molar-refractivity contribution in [1.82, 2.24) is 4.90 Å². The first-order chi connectivity index (χ1) is 17.8. The fraction of sp³-hybridized carbons (Fsp3) is 0.179. The lowest BCUT2D eigenvalue weighted by molar-refractivity contribution is -0.123. The van der Waals surface area contributed by atoms with Crippen molar-refractivity contribution in [2.75, 3.05) is 19.0 Å². The van der Waals surface area contributed by atoms with Gasteiger partial charge in [0.15, 0.2) is 18.1 Å². The molecule has 0 bridgehead atoms.